The van der Waals surface area contributed by atoms with E-state index in [2.05, 4.69) is 0 Å². The van der Waals surface area contributed by atoms with Crippen LogP contribution in [-0.4, -0.2) is 14.4 Å². The third-order valence-corrected chi connectivity index (χ3v) is 0.293. The van der Waals surface area contributed by atoms with Crippen molar-refractivity contribution < 1.29 is 14.2 Å². The first-order chi connectivity index (χ1) is 2.27. The molecule has 0 aliphatic heterocycles. The Labute approximate surface area is 32.0 Å². The summed E-state index contributed by atoms with van der Waals surface area (Å²) in [5, 5.41) is 0. The first-order valence-corrected chi connectivity index (χ1v) is 2.31. The predicted molar refractivity (Wildman–Crippen MR) is 17.4 cm³/mol. The van der Waals surface area contributed by atoms with Crippen LogP contribution in [0.4, 0.5) is 4.39 Å². The molecule has 0 amide bonds. The van der Waals surface area contributed by atoms with Gasteiger partial charge in [-0.2, -0.15) is 0 Å². The topological polar surface area (TPSA) is 34.1 Å². The van der Waals surface area contributed by atoms with Crippen molar-refractivity contribution in [2.75, 3.05) is 6.01 Å². The van der Waals surface area contributed by atoms with Gasteiger partial charge in [-0.15, -0.1) is 0 Å². The van der Waals surface area contributed by atoms with Gasteiger partial charge in [0.2, 0.25) is 0 Å². The lowest BCUT2D eigenvalue weighted by Gasteiger charge is -1.57. The molecule has 0 aromatic heterocycles. The van der Waals surface area contributed by atoms with Crippen LogP contribution in [0.1, 0.15) is 1.43 Å². The Bertz CT molecular complexity index is 71.6. The number of rotatable bonds is 1. The van der Waals surface area contributed by atoms with Gasteiger partial charge in [0, 0.05) is 0 Å². The molecule has 4 heteroatoms. The van der Waals surface area contributed by atoms with E-state index in [4.69, 9.17) is 8.42 Å². The molecule has 0 rings (SSSR count). The number of alkyl halides is 1. The first kappa shape index (κ1) is 4.88. The highest BCUT2D eigenvalue weighted by Gasteiger charge is 1.70. The molecule has 0 fully saturated rings. The molecule has 0 aliphatic rings. The fraction of sp³-hybridized carbons (Fsp3) is 1.00. The van der Waals surface area contributed by atoms with E-state index < -0.39 is 16.7 Å². The van der Waals surface area contributed by atoms with Gasteiger partial charge >= 0.3 is 1.43 Å². The predicted octanol–water partition coefficient (Wildman–Crippen LogP) is -0.363. The second kappa shape index (κ2) is 2.14. The van der Waals surface area contributed by atoms with Gasteiger partial charge in [-0.25, -0.2) is 12.8 Å². The second-order valence-electron chi connectivity index (χ2n) is 0.452. The van der Waals surface area contributed by atoms with Crippen LogP contribution in [0.2, 0.25) is 0 Å². The van der Waals surface area contributed by atoms with Crippen molar-refractivity contribution in [3.63, 3.8) is 0 Å². The maximum Gasteiger partial charge on any atom is 1.00 e. The van der Waals surface area contributed by atoms with Gasteiger partial charge < -0.3 is 0 Å². The summed E-state index contributed by atoms with van der Waals surface area (Å²) in [4.78, 5) is 0. The van der Waals surface area contributed by atoms with Crippen LogP contribution in [-0.2, 0) is 10.7 Å². The molecular formula is CH4FO2S+. The Morgan fingerprint density at radius 2 is 2.00 bits per heavy atom. The van der Waals surface area contributed by atoms with Crippen molar-refractivity contribution in [3.05, 3.63) is 0 Å². The van der Waals surface area contributed by atoms with Crippen LogP contribution in [0.5, 0.6) is 0 Å². The highest BCUT2D eigenvalue weighted by Crippen LogP contribution is 1.59. The molecule has 5 heavy (non-hydrogen) atoms. The summed E-state index contributed by atoms with van der Waals surface area (Å²) in [5.74, 6) is 0. The summed E-state index contributed by atoms with van der Waals surface area (Å²) in [6, 6.07) is -1.24. The molecule has 0 saturated heterocycles. The highest BCUT2D eigenvalue weighted by atomic mass is 32.2. The zero-order valence-corrected chi connectivity index (χ0v) is 3.24. The van der Waals surface area contributed by atoms with Gasteiger partial charge in [-0.3, -0.25) is 0 Å². The average Bonchev–Trinajstić information content (AvgIpc) is 1.38. The molecule has 2 nitrogen and oxygen atoms in total. The smallest absolute Gasteiger partial charge is 0.234 e. The van der Waals surface area contributed by atoms with Gasteiger partial charge in [0.1, 0.15) is 0 Å². The molecule has 0 unspecified atom stereocenters. The van der Waals surface area contributed by atoms with Crippen LogP contribution < -0.4 is 0 Å². The van der Waals surface area contributed by atoms with E-state index in [9.17, 15) is 4.39 Å². The number of hydrogen-bond donors (Lipinski definition) is 1. The molecule has 0 bridgehead atoms. The van der Waals surface area contributed by atoms with Gasteiger partial charge in [0.05, 0.1) is 0 Å². The van der Waals surface area contributed by atoms with E-state index in [0.29, 0.717) is 0 Å². The third-order valence-electron chi connectivity index (χ3n) is 0.0976. The number of halogens is 1. The minimum atomic E-state index is -2.76. The van der Waals surface area contributed by atoms with Gasteiger partial charge in [-0.05, 0) is 0 Å². The summed E-state index contributed by atoms with van der Waals surface area (Å²) in [6.07, 6.45) is 0. The molecule has 0 spiro atoms. The van der Waals surface area contributed by atoms with Gasteiger partial charge in [0.15, 0.2) is 16.7 Å². The summed E-state index contributed by atoms with van der Waals surface area (Å²) in [7, 11) is -2.76. The highest BCUT2D eigenvalue weighted by molar-refractivity contribution is 7.72. The normalized spacial score (nSPS) is 9.20. The van der Waals surface area contributed by atoms with E-state index >= 15 is 0 Å². The standard InChI is InChI=1S/CH3FO2S/c2-1-5(3)4/h5H,1H2/p+1. The SMILES string of the molecule is O=[SH](=O)CF.[H+]. The minimum Gasteiger partial charge on any atom is -0.234 e. The molecule has 0 aromatic rings. The van der Waals surface area contributed by atoms with Crippen LogP contribution in [0.25, 0.3) is 0 Å². The molecule has 32 valence electrons. The molecule has 0 saturated carbocycles. The fourth-order valence-electron chi connectivity index (χ4n) is 0. The molecule has 0 heterocycles. The Morgan fingerprint density at radius 1 is 1.80 bits per heavy atom. The molecule has 0 N–H and O–H groups in total. The zero-order chi connectivity index (χ0) is 4.28. The van der Waals surface area contributed by atoms with Gasteiger partial charge in [0.25, 0.3) is 0 Å². The van der Waals surface area contributed by atoms with E-state index in [1.54, 1.807) is 0 Å². The second-order valence-corrected chi connectivity index (χ2v) is 1.36. The van der Waals surface area contributed by atoms with Gasteiger partial charge in [-0.1, -0.05) is 0 Å². The van der Waals surface area contributed by atoms with E-state index in [0.717, 1.165) is 0 Å². The van der Waals surface area contributed by atoms with E-state index in [1.807, 2.05) is 0 Å². The molecule has 0 atom stereocenters. The Hall–Kier alpha value is -0.120. The Morgan fingerprint density at radius 3 is 2.00 bits per heavy atom. The fourth-order valence-corrected chi connectivity index (χ4v) is 0. The Balaban J connectivity index is 0. The van der Waals surface area contributed by atoms with Crippen molar-refractivity contribution in [1.82, 2.24) is 0 Å². The lowest BCUT2D eigenvalue weighted by atomic mass is 11.8. The van der Waals surface area contributed by atoms with E-state index in [1.165, 1.54) is 0 Å². The first-order valence-electron chi connectivity index (χ1n) is 0.949. The lowest BCUT2D eigenvalue weighted by Crippen LogP contribution is -1.70. The third kappa shape index (κ3) is 3.88. The minimum absolute atomic E-state index is 0. The molecular weight excluding hydrogens is 95.1 g/mol. The maximum absolute atomic E-state index is 10.5. The van der Waals surface area contributed by atoms with Crippen LogP contribution in [0.15, 0.2) is 0 Å². The number of thiol groups is 1. The van der Waals surface area contributed by atoms with Crippen molar-refractivity contribution in [2.24, 2.45) is 0 Å². The largest absolute Gasteiger partial charge is 1.00 e. The van der Waals surface area contributed by atoms with Crippen molar-refractivity contribution in [3.8, 4) is 0 Å². The number of hydrogen-bond acceptors (Lipinski definition) is 2. The van der Waals surface area contributed by atoms with Crippen molar-refractivity contribution in [1.29, 1.82) is 0 Å². The monoisotopic (exact) mass is 99.0 g/mol. The molecule has 0 aromatic carbocycles. The molecule has 0 aliphatic carbocycles. The zero-order valence-electron chi connectivity index (χ0n) is 3.35. The van der Waals surface area contributed by atoms with Crippen LogP contribution in [0.3, 0.4) is 0 Å². The van der Waals surface area contributed by atoms with Crippen molar-refractivity contribution >= 4 is 10.7 Å². The Kier molecular flexibility index (Phi) is 2.09. The molecule has 0 radical (unpaired) electrons. The summed E-state index contributed by atoms with van der Waals surface area (Å²) < 4.78 is 28.6. The van der Waals surface area contributed by atoms with Crippen molar-refractivity contribution in [2.45, 2.75) is 0 Å². The summed E-state index contributed by atoms with van der Waals surface area (Å²) in [6.45, 7) is 0. The maximum atomic E-state index is 10.5. The quantitative estimate of drug-likeness (QED) is 0.455. The van der Waals surface area contributed by atoms with Crippen LogP contribution >= 0.6 is 0 Å². The lowest BCUT2D eigenvalue weighted by molar-refractivity contribution is 0.550. The summed E-state index contributed by atoms with van der Waals surface area (Å²) >= 11 is 0. The van der Waals surface area contributed by atoms with E-state index in [-0.39, 0.29) is 1.43 Å². The average molecular weight is 99.1 g/mol. The summed E-state index contributed by atoms with van der Waals surface area (Å²) in [5.41, 5.74) is 0. The van der Waals surface area contributed by atoms with Crippen LogP contribution in [0, 0.1) is 0 Å².